The lowest BCUT2D eigenvalue weighted by atomic mass is 9.96. The molecule has 1 atom stereocenters. The highest BCUT2D eigenvalue weighted by Gasteiger charge is 2.33. The van der Waals surface area contributed by atoms with E-state index in [-0.39, 0.29) is 18.3 Å². The first-order chi connectivity index (χ1) is 8.77. The van der Waals surface area contributed by atoms with Gasteiger partial charge in [-0.15, -0.1) is 12.4 Å². The van der Waals surface area contributed by atoms with Crippen LogP contribution in [0.4, 0.5) is 0 Å². The van der Waals surface area contributed by atoms with E-state index in [0.29, 0.717) is 12.6 Å². The molecule has 1 aromatic carbocycles. The minimum atomic E-state index is -0.416. The van der Waals surface area contributed by atoms with Gasteiger partial charge >= 0.3 is 0 Å². The Morgan fingerprint density at radius 1 is 1.37 bits per heavy atom. The molecule has 0 aliphatic carbocycles. The summed E-state index contributed by atoms with van der Waals surface area (Å²) in [5.74, 6) is 0.0775. The molecule has 1 saturated heterocycles. The molecule has 0 bridgehead atoms. The van der Waals surface area contributed by atoms with Gasteiger partial charge in [-0.25, -0.2) is 0 Å². The topological polar surface area (TPSA) is 41.6 Å². The Morgan fingerprint density at radius 3 is 2.79 bits per heavy atom. The number of hydrogen-bond donors (Lipinski definition) is 1. The lowest BCUT2D eigenvalue weighted by Crippen LogP contribution is -2.58. The van der Waals surface area contributed by atoms with Crippen molar-refractivity contribution in [3.63, 3.8) is 0 Å². The van der Waals surface area contributed by atoms with E-state index in [1.165, 1.54) is 5.56 Å². The van der Waals surface area contributed by atoms with Crippen LogP contribution in [0.5, 0.6) is 0 Å². The maximum absolute atomic E-state index is 12.5. The molecule has 4 nitrogen and oxygen atoms in total. The van der Waals surface area contributed by atoms with Crippen molar-refractivity contribution < 1.29 is 9.53 Å². The Labute approximate surface area is 119 Å². The van der Waals surface area contributed by atoms with E-state index in [9.17, 15) is 4.79 Å². The quantitative estimate of drug-likeness (QED) is 0.885. The number of nitrogens with one attached hydrogen (secondary N) is 1. The smallest absolute Gasteiger partial charge is 0.256 e. The van der Waals surface area contributed by atoms with Gasteiger partial charge in [-0.3, -0.25) is 4.79 Å². The average molecular weight is 283 g/mol. The predicted molar refractivity (Wildman–Crippen MR) is 75.5 cm³/mol. The highest BCUT2D eigenvalue weighted by molar-refractivity contribution is 5.85. The summed E-state index contributed by atoms with van der Waals surface area (Å²) in [6.45, 7) is 2.40. The number of benzene rings is 1. The van der Waals surface area contributed by atoms with Gasteiger partial charge in [0.15, 0.2) is 6.10 Å². The molecule has 0 saturated carbocycles. The first-order valence-corrected chi connectivity index (χ1v) is 6.44. The standard InChI is InChI=1S/C14H18N2O2.ClH/c1-16(11-8-15-9-11)14(17)13-12-5-3-2-4-10(12)6-7-18-13;/h2-5,11,13,15H,6-9H2,1H3;1H. The Bertz CT molecular complexity index is 463. The minimum Gasteiger partial charge on any atom is -0.363 e. The second-order valence-corrected chi connectivity index (χ2v) is 4.96. The lowest BCUT2D eigenvalue weighted by Gasteiger charge is -2.38. The molecular formula is C14H19ClN2O2. The largest absolute Gasteiger partial charge is 0.363 e. The molecule has 5 heteroatoms. The fourth-order valence-electron chi connectivity index (χ4n) is 2.51. The first-order valence-electron chi connectivity index (χ1n) is 6.44. The van der Waals surface area contributed by atoms with Gasteiger partial charge in [-0.1, -0.05) is 24.3 Å². The van der Waals surface area contributed by atoms with Gasteiger partial charge in [0.2, 0.25) is 0 Å². The zero-order valence-electron chi connectivity index (χ0n) is 11.0. The number of amides is 1. The molecule has 2 heterocycles. The van der Waals surface area contributed by atoms with Crippen LogP contribution in [0.15, 0.2) is 24.3 Å². The monoisotopic (exact) mass is 282 g/mol. The van der Waals surface area contributed by atoms with E-state index in [0.717, 1.165) is 25.1 Å². The third kappa shape index (κ3) is 2.61. The molecule has 1 aromatic rings. The van der Waals surface area contributed by atoms with Crippen LogP contribution < -0.4 is 5.32 Å². The number of halogens is 1. The zero-order valence-corrected chi connectivity index (χ0v) is 11.8. The lowest BCUT2D eigenvalue weighted by molar-refractivity contribution is -0.146. The zero-order chi connectivity index (χ0) is 12.5. The Kier molecular flexibility index (Phi) is 4.45. The van der Waals surface area contributed by atoms with E-state index in [4.69, 9.17) is 4.74 Å². The molecule has 1 amide bonds. The number of nitrogens with zero attached hydrogens (tertiary/aromatic N) is 1. The Morgan fingerprint density at radius 2 is 2.11 bits per heavy atom. The van der Waals surface area contributed by atoms with Crippen LogP contribution in [-0.2, 0) is 16.0 Å². The predicted octanol–water partition coefficient (Wildman–Crippen LogP) is 1.15. The van der Waals surface area contributed by atoms with Crippen LogP contribution in [0, 0.1) is 0 Å². The van der Waals surface area contributed by atoms with Gasteiger partial charge in [0, 0.05) is 20.1 Å². The van der Waals surface area contributed by atoms with Crippen molar-refractivity contribution in [1.82, 2.24) is 10.2 Å². The van der Waals surface area contributed by atoms with Crippen molar-refractivity contribution >= 4 is 18.3 Å². The number of ether oxygens (including phenoxy) is 1. The Balaban J connectivity index is 0.00000133. The highest BCUT2D eigenvalue weighted by atomic mass is 35.5. The van der Waals surface area contributed by atoms with E-state index in [1.54, 1.807) is 0 Å². The highest BCUT2D eigenvalue weighted by Crippen LogP contribution is 2.28. The van der Waals surface area contributed by atoms with E-state index < -0.39 is 6.10 Å². The maximum atomic E-state index is 12.5. The molecule has 104 valence electrons. The fourth-order valence-corrected chi connectivity index (χ4v) is 2.51. The van der Waals surface area contributed by atoms with Crippen LogP contribution in [0.2, 0.25) is 0 Å². The van der Waals surface area contributed by atoms with E-state index in [1.807, 2.05) is 30.1 Å². The van der Waals surface area contributed by atoms with Gasteiger partial charge in [0.25, 0.3) is 5.91 Å². The normalized spacial score (nSPS) is 21.8. The van der Waals surface area contributed by atoms with Crippen LogP contribution in [0.3, 0.4) is 0 Å². The number of hydrogen-bond acceptors (Lipinski definition) is 3. The third-order valence-electron chi connectivity index (χ3n) is 3.87. The van der Waals surface area contributed by atoms with Crippen molar-refractivity contribution in [3.8, 4) is 0 Å². The first kappa shape index (κ1) is 14.3. The third-order valence-corrected chi connectivity index (χ3v) is 3.87. The van der Waals surface area contributed by atoms with E-state index in [2.05, 4.69) is 11.4 Å². The molecule has 19 heavy (non-hydrogen) atoms. The number of likely N-dealkylation sites (N-methyl/N-ethyl adjacent to an activating group) is 1. The number of rotatable bonds is 2. The second kappa shape index (κ2) is 5.90. The summed E-state index contributed by atoms with van der Waals surface area (Å²) < 4.78 is 5.69. The van der Waals surface area contributed by atoms with Gasteiger partial charge in [0.05, 0.1) is 12.6 Å². The van der Waals surface area contributed by atoms with Crippen LogP contribution in [0.1, 0.15) is 17.2 Å². The summed E-state index contributed by atoms with van der Waals surface area (Å²) >= 11 is 0. The Hall–Kier alpha value is -1.10. The van der Waals surface area contributed by atoms with E-state index >= 15 is 0 Å². The SMILES string of the molecule is CN(C(=O)C1OCCc2ccccc21)C1CNC1.Cl. The van der Waals surface area contributed by atoms with Crippen LogP contribution >= 0.6 is 12.4 Å². The number of carbonyl (C=O) groups excluding carboxylic acids is 1. The second-order valence-electron chi connectivity index (χ2n) is 4.96. The van der Waals surface area contributed by atoms with Crippen molar-refractivity contribution in [1.29, 1.82) is 0 Å². The van der Waals surface area contributed by atoms with Crippen molar-refractivity contribution in [2.45, 2.75) is 18.6 Å². The summed E-state index contributed by atoms with van der Waals surface area (Å²) in [5, 5.41) is 3.18. The van der Waals surface area contributed by atoms with Crippen molar-refractivity contribution in [3.05, 3.63) is 35.4 Å². The molecule has 0 spiro atoms. The molecule has 0 aromatic heterocycles. The summed E-state index contributed by atoms with van der Waals surface area (Å²) in [6, 6.07) is 8.40. The van der Waals surface area contributed by atoms with Crippen molar-refractivity contribution in [2.75, 3.05) is 26.7 Å². The van der Waals surface area contributed by atoms with Gasteiger partial charge in [0.1, 0.15) is 0 Å². The molecular weight excluding hydrogens is 264 g/mol. The molecule has 3 rings (SSSR count). The molecule has 1 fully saturated rings. The fraction of sp³-hybridized carbons (Fsp3) is 0.500. The summed E-state index contributed by atoms with van der Waals surface area (Å²) in [6.07, 6.45) is 0.481. The molecule has 0 radical (unpaired) electrons. The van der Waals surface area contributed by atoms with Crippen molar-refractivity contribution in [2.24, 2.45) is 0 Å². The average Bonchev–Trinajstić information content (AvgIpc) is 2.35. The van der Waals surface area contributed by atoms with Crippen LogP contribution in [0.25, 0.3) is 0 Å². The summed E-state index contributed by atoms with van der Waals surface area (Å²) in [7, 11) is 1.87. The number of fused-ring (bicyclic) bond motifs is 1. The minimum absolute atomic E-state index is 0. The summed E-state index contributed by atoms with van der Waals surface area (Å²) in [4.78, 5) is 14.3. The summed E-state index contributed by atoms with van der Waals surface area (Å²) in [5.41, 5.74) is 2.27. The van der Waals surface area contributed by atoms with Gasteiger partial charge in [-0.05, 0) is 17.5 Å². The van der Waals surface area contributed by atoms with Gasteiger partial charge < -0.3 is 15.0 Å². The molecule has 2 aliphatic heterocycles. The maximum Gasteiger partial charge on any atom is 0.256 e. The van der Waals surface area contributed by atoms with Crippen LogP contribution in [-0.4, -0.2) is 43.6 Å². The molecule has 1 N–H and O–H groups in total. The molecule has 2 aliphatic rings. The molecule has 1 unspecified atom stereocenters. The van der Waals surface area contributed by atoms with Gasteiger partial charge in [-0.2, -0.15) is 0 Å². The number of carbonyl (C=O) groups is 1.